The van der Waals surface area contributed by atoms with E-state index in [1.165, 1.54) is 30.3 Å². The summed E-state index contributed by atoms with van der Waals surface area (Å²) in [6.07, 6.45) is 9.05. The van der Waals surface area contributed by atoms with Crippen LogP contribution in [0.3, 0.4) is 0 Å². The zero-order valence-corrected chi connectivity index (χ0v) is 23.1. The van der Waals surface area contributed by atoms with E-state index in [1.807, 2.05) is 19.2 Å². The van der Waals surface area contributed by atoms with Crippen LogP contribution in [0.25, 0.3) is 17.0 Å². The number of amides is 2. The average molecular weight is 550 g/mol. The summed E-state index contributed by atoms with van der Waals surface area (Å²) in [6, 6.07) is 10.4. The first kappa shape index (κ1) is 29.0. The summed E-state index contributed by atoms with van der Waals surface area (Å²) in [5.74, 6) is -1.22. The van der Waals surface area contributed by atoms with Crippen LogP contribution in [0.5, 0.6) is 0 Å². The lowest BCUT2D eigenvalue weighted by Crippen LogP contribution is -2.63. The number of fused-ring (bicyclic) bond motifs is 1. The Morgan fingerprint density at radius 3 is 2.52 bits per heavy atom. The number of likely N-dealkylation sites (tertiary alicyclic amines) is 1. The number of nitrogens with zero attached hydrogens (tertiary/aromatic N) is 2. The highest BCUT2D eigenvalue weighted by atomic mass is 19.1. The molecule has 1 aromatic heterocycles. The number of piperidine rings is 1. The zero-order chi connectivity index (χ0) is 28.7. The number of aromatic nitrogens is 1. The number of hydrogen-bond donors (Lipinski definition) is 3. The van der Waals surface area contributed by atoms with Crippen molar-refractivity contribution in [1.29, 1.82) is 0 Å². The number of H-pyrrole nitrogens is 1. The molecule has 0 saturated carbocycles. The number of likely N-dealkylation sites (N-methyl/N-ethyl adjacent to an activating group) is 1. The van der Waals surface area contributed by atoms with E-state index in [9.17, 15) is 18.4 Å². The van der Waals surface area contributed by atoms with Gasteiger partial charge in [0, 0.05) is 62.1 Å². The minimum Gasteiger partial charge on any atom is -0.401 e. The molecule has 1 aliphatic rings. The molecule has 0 unspecified atom stereocenters. The van der Waals surface area contributed by atoms with Gasteiger partial charge in [0.15, 0.2) is 0 Å². The molecule has 9 heteroatoms. The summed E-state index contributed by atoms with van der Waals surface area (Å²) in [6.45, 7) is 4.25. The van der Waals surface area contributed by atoms with Gasteiger partial charge in [0.1, 0.15) is 17.2 Å². The Bertz CT molecular complexity index is 1390. The molecule has 1 saturated heterocycles. The van der Waals surface area contributed by atoms with Crippen LogP contribution in [0.1, 0.15) is 37.3 Å². The highest BCUT2D eigenvalue weighted by Gasteiger charge is 2.43. The van der Waals surface area contributed by atoms with Crippen LogP contribution in [0, 0.1) is 11.6 Å². The van der Waals surface area contributed by atoms with Crippen molar-refractivity contribution in [1.82, 2.24) is 20.1 Å². The molecular weight excluding hydrogens is 512 g/mol. The fraction of sp³-hybridized carbons (Fsp3) is 0.355. The number of halogens is 2. The van der Waals surface area contributed by atoms with Gasteiger partial charge in [0.25, 0.3) is 0 Å². The van der Waals surface area contributed by atoms with Crippen molar-refractivity contribution in [3.05, 3.63) is 89.3 Å². The maximum Gasteiger partial charge on any atom is 0.248 e. The maximum atomic E-state index is 13.9. The summed E-state index contributed by atoms with van der Waals surface area (Å²) in [4.78, 5) is 33.9. The third-order valence-corrected chi connectivity index (χ3v) is 7.44. The molecule has 2 aromatic carbocycles. The van der Waals surface area contributed by atoms with Crippen LogP contribution < -0.4 is 11.1 Å². The van der Waals surface area contributed by atoms with Gasteiger partial charge in [-0.3, -0.25) is 14.5 Å². The second kappa shape index (κ2) is 12.9. The van der Waals surface area contributed by atoms with Crippen LogP contribution in [-0.4, -0.2) is 65.4 Å². The first-order valence-corrected chi connectivity index (χ1v) is 13.6. The number of allylic oxidation sites excluding steroid dienone is 1. The molecule has 2 amide bonds. The standard InChI is InChI=1S/C31H37F2N5O2/c1-3-4-26(34)21-38-17-14-31(15-18-38,36-29(39)12-7-22-5-8-24(32)9-6-22)30(40)37(2)16-13-23-20-35-28-11-10-25(33)19-27(23)28/h4-12,19-20,35H,3,13-18,21,34H2,1-2H3,(H,36,39)/b12-7+,26-4+. The van der Waals surface area contributed by atoms with Gasteiger partial charge in [-0.1, -0.05) is 25.1 Å². The average Bonchev–Trinajstić information content (AvgIpc) is 3.34. The topological polar surface area (TPSA) is 94.5 Å². The van der Waals surface area contributed by atoms with E-state index in [0.717, 1.165) is 28.6 Å². The molecule has 7 nitrogen and oxygen atoms in total. The van der Waals surface area contributed by atoms with Crippen LogP contribution >= 0.6 is 0 Å². The number of aromatic amines is 1. The van der Waals surface area contributed by atoms with E-state index in [0.29, 0.717) is 51.0 Å². The number of nitrogens with two attached hydrogens (primary N) is 1. The van der Waals surface area contributed by atoms with E-state index < -0.39 is 11.4 Å². The van der Waals surface area contributed by atoms with Crippen molar-refractivity contribution in [2.45, 2.75) is 38.1 Å². The highest BCUT2D eigenvalue weighted by Crippen LogP contribution is 2.26. The molecule has 40 heavy (non-hydrogen) atoms. The van der Waals surface area contributed by atoms with Crippen LogP contribution in [-0.2, 0) is 16.0 Å². The molecular formula is C31H37F2N5O2. The smallest absolute Gasteiger partial charge is 0.248 e. The Labute approximate surface area is 233 Å². The third-order valence-electron chi connectivity index (χ3n) is 7.44. The van der Waals surface area contributed by atoms with Gasteiger partial charge in [-0.2, -0.15) is 0 Å². The molecule has 212 valence electrons. The van der Waals surface area contributed by atoms with Gasteiger partial charge >= 0.3 is 0 Å². The SMILES string of the molecule is CC/C=C(/N)CN1CCC(NC(=O)/C=C/c2ccc(F)cc2)(C(=O)N(C)CCc2c[nH]c3ccc(F)cc23)CC1. The third kappa shape index (κ3) is 7.15. The first-order valence-electron chi connectivity index (χ1n) is 13.6. The number of benzene rings is 2. The molecule has 4 rings (SSSR count). The second-order valence-electron chi connectivity index (χ2n) is 10.4. The predicted molar refractivity (Wildman–Crippen MR) is 154 cm³/mol. The Morgan fingerprint density at radius 1 is 1.12 bits per heavy atom. The minimum atomic E-state index is -1.08. The summed E-state index contributed by atoms with van der Waals surface area (Å²) < 4.78 is 27.1. The van der Waals surface area contributed by atoms with Crippen molar-refractivity contribution in [2.75, 3.05) is 33.2 Å². The van der Waals surface area contributed by atoms with E-state index in [2.05, 4.69) is 15.2 Å². The van der Waals surface area contributed by atoms with Crippen LogP contribution in [0.15, 0.2) is 66.5 Å². The lowest BCUT2D eigenvalue weighted by molar-refractivity contribution is -0.142. The normalized spacial score (nSPS) is 15.9. The number of carbonyl (C=O) groups excluding carboxylic acids is 2. The van der Waals surface area contributed by atoms with Gasteiger partial charge in [-0.25, -0.2) is 8.78 Å². The van der Waals surface area contributed by atoms with Gasteiger partial charge in [0.2, 0.25) is 11.8 Å². The molecule has 0 radical (unpaired) electrons. The lowest BCUT2D eigenvalue weighted by atomic mass is 9.85. The number of carbonyl (C=O) groups is 2. The van der Waals surface area contributed by atoms with Crippen molar-refractivity contribution in [2.24, 2.45) is 5.73 Å². The molecule has 0 aliphatic carbocycles. The van der Waals surface area contributed by atoms with E-state index >= 15 is 0 Å². The minimum absolute atomic E-state index is 0.168. The second-order valence-corrected chi connectivity index (χ2v) is 10.4. The molecule has 0 spiro atoms. The fourth-order valence-corrected chi connectivity index (χ4v) is 5.21. The van der Waals surface area contributed by atoms with Gasteiger partial charge in [0.05, 0.1) is 0 Å². The maximum absolute atomic E-state index is 13.9. The van der Waals surface area contributed by atoms with Gasteiger partial charge in [-0.05, 0) is 73.2 Å². The van der Waals surface area contributed by atoms with Crippen molar-refractivity contribution in [3.8, 4) is 0 Å². The molecule has 0 bridgehead atoms. The largest absolute Gasteiger partial charge is 0.401 e. The Kier molecular flexibility index (Phi) is 9.37. The first-order chi connectivity index (χ1) is 19.2. The monoisotopic (exact) mass is 549 g/mol. The van der Waals surface area contributed by atoms with Crippen LogP contribution in [0.4, 0.5) is 8.78 Å². The van der Waals surface area contributed by atoms with Crippen molar-refractivity contribution >= 4 is 28.8 Å². The number of nitrogens with one attached hydrogen (secondary N) is 2. The van der Waals surface area contributed by atoms with Gasteiger partial charge < -0.3 is 20.9 Å². The fourth-order valence-electron chi connectivity index (χ4n) is 5.21. The molecule has 1 fully saturated rings. The summed E-state index contributed by atoms with van der Waals surface area (Å²) in [5, 5.41) is 3.80. The molecule has 3 aromatic rings. The molecule has 1 aliphatic heterocycles. The quantitative estimate of drug-likeness (QED) is 0.328. The molecule has 4 N–H and O–H groups in total. The Morgan fingerprint density at radius 2 is 1.82 bits per heavy atom. The van der Waals surface area contributed by atoms with E-state index in [-0.39, 0.29) is 17.5 Å². The number of rotatable bonds is 10. The molecule has 2 heterocycles. The Hall–Kier alpha value is -3.98. The van der Waals surface area contributed by atoms with Gasteiger partial charge in [-0.15, -0.1) is 0 Å². The van der Waals surface area contributed by atoms with E-state index in [4.69, 9.17) is 5.73 Å². The Balaban J connectivity index is 1.47. The lowest BCUT2D eigenvalue weighted by Gasteiger charge is -2.42. The predicted octanol–water partition coefficient (Wildman–Crippen LogP) is 4.36. The summed E-state index contributed by atoms with van der Waals surface area (Å²) >= 11 is 0. The zero-order valence-electron chi connectivity index (χ0n) is 23.1. The van der Waals surface area contributed by atoms with Crippen LogP contribution in [0.2, 0.25) is 0 Å². The van der Waals surface area contributed by atoms with E-state index in [1.54, 1.807) is 36.2 Å². The molecule has 0 atom stereocenters. The number of hydrogen-bond acceptors (Lipinski definition) is 4. The summed E-state index contributed by atoms with van der Waals surface area (Å²) in [7, 11) is 1.73. The van der Waals surface area contributed by atoms with Crippen molar-refractivity contribution < 1.29 is 18.4 Å². The summed E-state index contributed by atoms with van der Waals surface area (Å²) in [5.41, 5.74) is 8.28. The highest BCUT2D eigenvalue weighted by molar-refractivity contribution is 5.97. The van der Waals surface area contributed by atoms with Crippen molar-refractivity contribution in [3.63, 3.8) is 0 Å².